The molecule has 5 aromatic rings. The summed E-state index contributed by atoms with van der Waals surface area (Å²) in [7, 11) is -2.35. The molecule has 0 saturated heterocycles. The van der Waals surface area contributed by atoms with Gasteiger partial charge in [0.05, 0.1) is 18.4 Å². The fourth-order valence-corrected chi connectivity index (χ4v) is 6.62. The summed E-state index contributed by atoms with van der Waals surface area (Å²) in [6.45, 7) is 0.473. The lowest BCUT2D eigenvalue weighted by atomic mass is 10.1. The summed E-state index contributed by atoms with van der Waals surface area (Å²) in [4.78, 5) is 4.37. The van der Waals surface area contributed by atoms with Gasteiger partial charge in [-0.15, -0.1) is 11.3 Å². The van der Waals surface area contributed by atoms with Gasteiger partial charge in [-0.05, 0) is 41.3 Å². The van der Waals surface area contributed by atoms with Crippen LogP contribution in [0.4, 0.5) is 0 Å². The highest BCUT2D eigenvalue weighted by molar-refractivity contribution is 7.85. The minimum atomic E-state index is -4.01. The third-order valence-electron chi connectivity index (χ3n) is 5.44. The number of rotatable bonds is 7. The summed E-state index contributed by atoms with van der Waals surface area (Å²) in [5, 5.41) is 5.14. The van der Waals surface area contributed by atoms with Crippen LogP contribution in [0.3, 0.4) is 0 Å². The zero-order chi connectivity index (χ0) is 23.0. The molecule has 0 saturated carbocycles. The molecule has 0 bridgehead atoms. The Hall–Kier alpha value is -2.85. The van der Waals surface area contributed by atoms with Crippen molar-refractivity contribution in [1.82, 2.24) is 4.98 Å². The van der Waals surface area contributed by atoms with E-state index in [1.165, 1.54) is 0 Å². The number of hydrogen-bond donors (Lipinski definition) is 1. The molecule has 9 heteroatoms. The molecule has 3 aromatic heterocycles. The van der Waals surface area contributed by atoms with Crippen molar-refractivity contribution in [1.29, 1.82) is 0 Å². The Labute approximate surface area is 199 Å². The van der Waals surface area contributed by atoms with E-state index >= 15 is 0 Å². The summed E-state index contributed by atoms with van der Waals surface area (Å²) in [5.74, 6) is 0.546. The van der Waals surface area contributed by atoms with Crippen molar-refractivity contribution < 1.29 is 22.3 Å². The summed E-state index contributed by atoms with van der Waals surface area (Å²) in [6.07, 6.45) is 6.21. The van der Waals surface area contributed by atoms with Gasteiger partial charge in [0.1, 0.15) is 15.1 Å². The number of aryl methyl sites for hydroxylation is 1. The average Bonchev–Trinajstić information content (AvgIpc) is 3.41. The molecule has 0 amide bonds. The van der Waals surface area contributed by atoms with Crippen molar-refractivity contribution >= 4 is 76.1 Å². The predicted molar refractivity (Wildman–Crippen MR) is 136 cm³/mol. The van der Waals surface area contributed by atoms with Crippen LogP contribution in [0, 0.1) is 0 Å². The van der Waals surface area contributed by atoms with Crippen molar-refractivity contribution in [2.45, 2.75) is 13.0 Å². The minimum absolute atomic E-state index is 0.276. The first kappa shape index (κ1) is 22.0. The summed E-state index contributed by atoms with van der Waals surface area (Å²) in [5.41, 5.74) is 3.06. The lowest BCUT2D eigenvalue weighted by Crippen LogP contribution is -2.36. The van der Waals surface area contributed by atoms with E-state index in [0.717, 1.165) is 47.5 Å². The number of thiazole rings is 1. The van der Waals surface area contributed by atoms with Gasteiger partial charge < -0.3 is 4.74 Å². The number of pyridine rings is 1. The molecule has 0 aliphatic heterocycles. The van der Waals surface area contributed by atoms with E-state index in [2.05, 4.69) is 27.8 Å². The Bertz CT molecular complexity index is 1620. The van der Waals surface area contributed by atoms with Crippen LogP contribution >= 0.6 is 22.7 Å². The number of thiophene rings is 1. The van der Waals surface area contributed by atoms with E-state index in [4.69, 9.17) is 4.74 Å². The maximum atomic E-state index is 11.3. The van der Waals surface area contributed by atoms with Crippen LogP contribution in [0.2, 0.25) is 0 Å². The van der Waals surface area contributed by atoms with Gasteiger partial charge in [-0.2, -0.15) is 13.0 Å². The molecule has 1 N–H and O–H groups in total. The highest BCUT2D eigenvalue weighted by Gasteiger charge is 2.24. The van der Waals surface area contributed by atoms with Crippen molar-refractivity contribution in [3.05, 3.63) is 64.6 Å². The third-order valence-corrected chi connectivity index (χ3v) is 8.26. The highest BCUT2D eigenvalue weighted by atomic mass is 32.2. The second kappa shape index (κ2) is 8.83. The molecule has 5 rings (SSSR count). The summed E-state index contributed by atoms with van der Waals surface area (Å²) < 4.78 is 41.7. The van der Waals surface area contributed by atoms with Crippen LogP contribution < -0.4 is 9.30 Å². The molecule has 168 valence electrons. The van der Waals surface area contributed by atoms with Crippen molar-refractivity contribution in [3.8, 4) is 5.75 Å². The molecule has 0 aliphatic rings. The molecular weight excluding hydrogens is 476 g/mol. The minimum Gasteiger partial charge on any atom is -0.496 e. The molecule has 3 heterocycles. The quantitative estimate of drug-likeness (QED) is 0.240. The van der Waals surface area contributed by atoms with E-state index in [0.29, 0.717) is 13.0 Å². The zero-order valence-electron chi connectivity index (χ0n) is 17.8. The number of ether oxygens (including phenoxy) is 1. The van der Waals surface area contributed by atoms with Crippen LogP contribution in [0.5, 0.6) is 5.75 Å². The van der Waals surface area contributed by atoms with Gasteiger partial charge in [0.15, 0.2) is 6.54 Å². The van der Waals surface area contributed by atoms with E-state index in [9.17, 15) is 13.0 Å². The van der Waals surface area contributed by atoms with E-state index in [-0.39, 0.29) is 5.75 Å². The van der Waals surface area contributed by atoms with Crippen LogP contribution in [-0.2, 0) is 16.7 Å². The second-order valence-corrected chi connectivity index (χ2v) is 11.2. The van der Waals surface area contributed by atoms with Gasteiger partial charge in [-0.1, -0.05) is 23.5 Å². The molecule has 0 fully saturated rings. The number of fused-ring (bicyclic) bond motifs is 4. The van der Waals surface area contributed by atoms with Gasteiger partial charge in [-0.3, -0.25) is 9.54 Å². The second-order valence-electron chi connectivity index (χ2n) is 7.61. The third kappa shape index (κ3) is 4.49. The topological polar surface area (TPSA) is 80.4 Å². The van der Waals surface area contributed by atoms with E-state index in [1.807, 2.05) is 41.8 Å². The lowest BCUT2D eigenvalue weighted by Gasteiger charge is -2.02. The maximum Gasteiger partial charge on any atom is 0.265 e. The van der Waals surface area contributed by atoms with Crippen molar-refractivity contribution in [3.63, 3.8) is 0 Å². The van der Waals surface area contributed by atoms with E-state index in [1.54, 1.807) is 36.0 Å². The van der Waals surface area contributed by atoms with Gasteiger partial charge in [0.25, 0.3) is 15.1 Å². The largest absolute Gasteiger partial charge is 0.496 e. The SMILES string of the molecule is COc1cc2sc(/C=C/c3ccc4ncccc4c3)[n+](CCCS(=O)(=O)O)c2c2sccc12. The molecule has 33 heavy (non-hydrogen) atoms. The molecule has 2 aromatic carbocycles. The highest BCUT2D eigenvalue weighted by Crippen LogP contribution is 2.38. The zero-order valence-corrected chi connectivity index (χ0v) is 20.2. The maximum absolute atomic E-state index is 11.3. The number of methoxy groups -OCH3 is 1. The Morgan fingerprint density at radius 2 is 2.06 bits per heavy atom. The van der Waals surface area contributed by atoms with Crippen molar-refractivity contribution in [2.24, 2.45) is 0 Å². The smallest absolute Gasteiger partial charge is 0.265 e. The van der Waals surface area contributed by atoms with Gasteiger partial charge in [0.2, 0.25) is 5.52 Å². The van der Waals surface area contributed by atoms with Crippen LogP contribution in [0.15, 0.2) is 54.0 Å². The molecule has 0 atom stereocenters. The Morgan fingerprint density at radius 1 is 1.18 bits per heavy atom. The number of hydrogen-bond acceptors (Lipinski definition) is 6. The fourth-order valence-electron chi connectivity index (χ4n) is 3.96. The van der Waals surface area contributed by atoms with Gasteiger partial charge >= 0.3 is 0 Å². The lowest BCUT2D eigenvalue weighted by molar-refractivity contribution is -0.667. The molecule has 0 spiro atoms. The first-order chi connectivity index (χ1) is 15.9. The molecular formula is C24H21N2O4S3+. The Balaban J connectivity index is 1.61. The molecule has 0 radical (unpaired) electrons. The monoisotopic (exact) mass is 497 g/mol. The molecule has 0 unspecified atom stereocenters. The van der Waals surface area contributed by atoms with Gasteiger partial charge in [0, 0.05) is 35.5 Å². The molecule has 0 aliphatic carbocycles. The first-order valence-electron chi connectivity index (χ1n) is 10.3. The summed E-state index contributed by atoms with van der Waals surface area (Å²) in [6, 6.07) is 14.2. The number of aromatic nitrogens is 2. The van der Waals surface area contributed by atoms with Gasteiger partial charge in [-0.25, -0.2) is 0 Å². The van der Waals surface area contributed by atoms with Crippen LogP contribution in [-0.4, -0.2) is 30.8 Å². The molecule has 6 nitrogen and oxygen atoms in total. The van der Waals surface area contributed by atoms with Crippen LogP contribution in [0.25, 0.3) is 43.4 Å². The normalized spacial score (nSPS) is 12.4. The van der Waals surface area contributed by atoms with E-state index < -0.39 is 10.1 Å². The number of benzene rings is 2. The van der Waals surface area contributed by atoms with Crippen molar-refractivity contribution in [2.75, 3.05) is 12.9 Å². The predicted octanol–water partition coefficient (Wildman–Crippen LogP) is 5.41. The first-order valence-corrected chi connectivity index (χ1v) is 13.6. The standard InChI is InChI=1S/C24H20N2O4S3/c1-30-20-15-21-23(24-18(20)9-12-31-24)26(11-3-13-33(27,28)29)22(32-21)8-6-16-5-7-19-17(14-16)4-2-10-25-19/h2,4-10,12,14-15H,3,11,13H2,1H3/p+1. The number of nitrogens with zero attached hydrogens (tertiary/aromatic N) is 2. The van der Waals surface area contributed by atoms with Crippen LogP contribution in [0.1, 0.15) is 17.0 Å². The average molecular weight is 498 g/mol. The fraction of sp³-hybridized carbons (Fsp3) is 0.167. The Morgan fingerprint density at radius 3 is 2.88 bits per heavy atom. The summed E-state index contributed by atoms with van der Waals surface area (Å²) >= 11 is 3.27. The Kier molecular flexibility index (Phi) is 5.88.